The van der Waals surface area contributed by atoms with Crippen LogP contribution in [0.5, 0.6) is 0 Å². The van der Waals surface area contributed by atoms with E-state index >= 15 is 0 Å². The molecule has 1 atom stereocenters. The highest BCUT2D eigenvalue weighted by Crippen LogP contribution is 2.35. The molecule has 1 saturated heterocycles. The molecule has 2 amide bonds. The standard InChI is InChI=1S/C26H28F3N5O3S/c1-16-13-20(31-23(36)21(30)15-35)6-5-17(16)7-12-38-34-10-8-25(9-11-34)24(37)32-22(33-25)18-3-2-4-19(14-18)26(27,28)29/h2-7,12-14,21,35H,8-11,15,30H2,1H3,(H,31,36)(H,32,33,37)/b12-7+/t21-/m0/s1. The van der Waals surface area contributed by atoms with E-state index in [1.165, 1.54) is 24.1 Å². The van der Waals surface area contributed by atoms with Gasteiger partial charge in [-0.05, 0) is 66.6 Å². The Bertz CT molecular complexity index is 1270. The molecule has 8 nitrogen and oxygen atoms in total. The smallest absolute Gasteiger partial charge is 0.394 e. The van der Waals surface area contributed by atoms with E-state index in [4.69, 9.17) is 10.8 Å². The number of amidine groups is 1. The molecule has 1 fully saturated rings. The van der Waals surface area contributed by atoms with Gasteiger partial charge in [0.1, 0.15) is 17.4 Å². The summed E-state index contributed by atoms with van der Waals surface area (Å²) >= 11 is 1.50. The monoisotopic (exact) mass is 547 g/mol. The van der Waals surface area contributed by atoms with Crippen molar-refractivity contribution in [2.24, 2.45) is 10.7 Å². The number of rotatable bonds is 7. The van der Waals surface area contributed by atoms with Crippen LogP contribution in [0.3, 0.4) is 0 Å². The van der Waals surface area contributed by atoms with Gasteiger partial charge in [0.2, 0.25) is 5.91 Å². The Morgan fingerprint density at radius 2 is 2.03 bits per heavy atom. The second-order valence-electron chi connectivity index (χ2n) is 9.21. The highest BCUT2D eigenvalue weighted by molar-refractivity contribution is 8.00. The number of benzene rings is 2. The number of aliphatic hydroxyl groups excluding tert-OH is 1. The zero-order chi connectivity index (χ0) is 27.5. The van der Waals surface area contributed by atoms with Crippen molar-refractivity contribution < 1.29 is 27.9 Å². The molecule has 202 valence electrons. The van der Waals surface area contributed by atoms with Gasteiger partial charge in [-0.1, -0.05) is 30.1 Å². The van der Waals surface area contributed by atoms with Crippen molar-refractivity contribution in [3.05, 3.63) is 70.1 Å². The zero-order valence-corrected chi connectivity index (χ0v) is 21.4. The maximum absolute atomic E-state index is 13.1. The number of piperidine rings is 1. The van der Waals surface area contributed by atoms with Gasteiger partial charge < -0.3 is 21.5 Å². The number of alkyl halides is 3. The minimum Gasteiger partial charge on any atom is -0.394 e. The first-order valence-electron chi connectivity index (χ1n) is 12.0. The Morgan fingerprint density at radius 3 is 2.68 bits per heavy atom. The summed E-state index contributed by atoms with van der Waals surface area (Å²) in [7, 11) is 0. The van der Waals surface area contributed by atoms with E-state index in [2.05, 4.69) is 19.9 Å². The zero-order valence-electron chi connectivity index (χ0n) is 20.6. The quantitative estimate of drug-likeness (QED) is 0.395. The lowest BCUT2D eigenvalue weighted by Gasteiger charge is -2.34. The minimum atomic E-state index is -4.47. The Morgan fingerprint density at radius 1 is 1.29 bits per heavy atom. The first-order chi connectivity index (χ1) is 18.0. The average molecular weight is 548 g/mol. The SMILES string of the molecule is Cc1cc(NC(=O)[C@@H](N)CO)ccc1/C=C/SN1CCC2(CC1)N=C(c1cccc(C(F)(F)F)c1)NC2=O. The van der Waals surface area contributed by atoms with Crippen molar-refractivity contribution in [2.45, 2.75) is 37.5 Å². The average Bonchev–Trinajstić information content (AvgIpc) is 3.21. The van der Waals surface area contributed by atoms with E-state index in [1.807, 2.05) is 30.5 Å². The van der Waals surface area contributed by atoms with Crippen LogP contribution in [0.2, 0.25) is 0 Å². The number of nitrogens with zero attached hydrogens (tertiary/aromatic N) is 2. The Labute approximate surface area is 222 Å². The number of aliphatic imine (C=N–C) groups is 1. The number of hydrogen-bond donors (Lipinski definition) is 4. The summed E-state index contributed by atoms with van der Waals surface area (Å²) in [6, 6.07) is 9.26. The fourth-order valence-electron chi connectivity index (χ4n) is 4.24. The molecule has 38 heavy (non-hydrogen) atoms. The molecule has 0 aliphatic carbocycles. The number of anilines is 1. The molecule has 1 spiro atoms. The second kappa shape index (κ2) is 11.3. The van der Waals surface area contributed by atoms with Crippen LogP contribution in [0, 0.1) is 6.92 Å². The summed E-state index contributed by atoms with van der Waals surface area (Å²) in [6.07, 6.45) is -1.63. The molecular formula is C26H28F3N5O3S. The highest BCUT2D eigenvalue weighted by Gasteiger charge is 2.46. The van der Waals surface area contributed by atoms with Crippen LogP contribution in [0.4, 0.5) is 18.9 Å². The number of aryl methyl sites for hydroxylation is 1. The minimum absolute atomic E-state index is 0.176. The van der Waals surface area contributed by atoms with Gasteiger partial charge in [0.15, 0.2) is 0 Å². The molecule has 0 radical (unpaired) electrons. The van der Waals surface area contributed by atoms with Gasteiger partial charge in [0, 0.05) is 24.3 Å². The number of halogens is 3. The van der Waals surface area contributed by atoms with Crippen LogP contribution >= 0.6 is 11.9 Å². The topological polar surface area (TPSA) is 120 Å². The molecule has 4 rings (SSSR count). The van der Waals surface area contributed by atoms with Crippen molar-refractivity contribution in [1.29, 1.82) is 0 Å². The van der Waals surface area contributed by atoms with Gasteiger partial charge in [-0.15, -0.1) is 0 Å². The maximum Gasteiger partial charge on any atom is 0.416 e. The van der Waals surface area contributed by atoms with Crippen molar-refractivity contribution in [1.82, 2.24) is 9.62 Å². The third-order valence-electron chi connectivity index (χ3n) is 6.52. The van der Waals surface area contributed by atoms with Crippen molar-refractivity contribution >= 4 is 41.4 Å². The van der Waals surface area contributed by atoms with Gasteiger partial charge in [-0.2, -0.15) is 13.2 Å². The van der Waals surface area contributed by atoms with Crippen molar-refractivity contribution in [2.75, 3.05) is 25.0 Å². The van der Waals surface area contributed by atoms with Gasteiger partial charge in [0.05, 0.1) is 12.2 Å². The van der Waals surface area contributed by atoms with E-state index in [1.54, 1.807) is 6.07 Å². The predicted molar refractivity (Wildman–Crippen MR) is 141 cm³/mol. The fraction of sp³-hybridized carbons (Fsp3) is 0.346. The summed E-state index contributed by atoms with van der Waals surface area (Å²) < 4.78 is 41.4. The molecule has 0 unspecified atom stereocenters. The summed E-state index contributed by atoms with van der Waals surface area (Å²) in [5.41, 5.74) is 6.48. The van der Waals surface area contributed by atoms with Gasteiger partial charge in [-0.3, -0.25) is 14.6 Å². The third-order valence-corrected chi connectivity index (χ3v) is 7.44. The lowest BCUT2D eigenvalue weighted by atomic mass is 9.89. The van der Waals surface area contributed by atoms with Crippen LogP contribution in [0.25, 0.3) is 6.08 Å². The van der Waals surface area contributed by atoms with E-state index in [9.17, 15) is 22.8 Å². The molecule has 0 aromatic heterocycles. The normalized spacial score (nSPS) is 18.5. The largest absolute Gasteiger partial charge is 0.416 e. The van der Waals surface area contributed by atoms with Crippen LogP contribution in [0.15, 0.2) is 52.9 Å². The molecular weight excluding hydrogens is 519 g/mol. The van der Waals surface area contributed by atoms with Crippen LogP contribution < -0.4 is 16.4 Å². The predicted octanol–water partition coefficient (Wildman–Crippen LogP) is 3.30. The highest BCUT2D eigenvalue weighted by atomic mass is 32.2. The summed E-state index contributed by atoms with van der Waals surface area (Å²) in [5.74, 6) is -0.570. The van der Waals surface area contributed by atoms with E-state index < -0.39 is 35.8 Å². The van der Waals surface area contributed by atoms with Gasteiger partial charge in [-0.25, -0.2) is 4.31 Å². The molecule has 12 heteroatoms. The van der Waals surface area contributed by atoms with E-state index in [0.29, 0.717) is 31.6 Å². The summed E-state index contributed by atoms with van der Waals surface area (Å²) in [5, 5.41) is 16.3. The number of carbonyl (C=O) groups is 2. The number of hydrogen-bond acceptors (Lipinski definition) is 7. The molecule has 2 heterocycles. The Hall–Kier alpha value is -3.19. The molecule has 0 bridgehead atoms. The van der Waals surface area contributed by atoms with E-state index in [-0.39, 0.29) is 17.3 Å². The molecule has 2 aliphatic heterocycles. The molecule has 5 N–H and O–H groups in total. The molecule has 2 aromatic carbocycles. The second-order valence-corrected chi connectivity index (χ2v) is 10.2. The van der Waals surface area contributed by atoms with Gasteiger partial charge in [0.25, 0.3) is 5.91 Å². The molecule has 2 aliphatic rings. The van der Waals surface area contributed by atoms with Crippen molar-refractivity contribution in [3.63, 3.8) is 0 Å². The number of carbonyl (C=O) groups excluding carboxylic acids is 2. The summed E-state index contributed by atoms with van der Waals surface area (Å²) in [6.45, 7) is 2.64. The Kier molecular flexibility index (Phi) is 8.26. The van der Waals surface area contributed by atoms with Crippen molar-refractivity contribution in [3.8, 4) is 0 Å². The molecule has 2 aromatic rings. The number of nitrogens with two attached hydrogens (primary N) is 1. The number of nitrogens with one attached hydrogen (secondary N) is 2. The first kappa shape index (κ1) is 27.8. The van der Waals surface area contributed by atoms with E-state index in [0.717, 1.165) is 23.3 Å². The number of amides is 2. The van der Waals surface area contributed by atoms with Crippen LogP contribution in [0.1, 0.15) is 35.1 Å². The van der Waals surface area contributed by atoms with Crippen LogP contribution in [-0.2, 0) is 15.8 Å². The lowest BCUT2D eigenvalue weighted by molar-refractivity contribution is -0.137. The van der Waals surface area contributed by atoms with Gasteiger partial charge >= 0.3 is 6.18 Å². The van der Waals surface area contributed by atoms with Crippen LogP contribution in [-0.4, -0.2) is 58.3 Å². The summed E-state index contributed by atoms with van der Waals surface area (Å²) in [4.78, 5) is 29.2. The lowest BCUT2D eigenvalue weighted by Crippen LogP contribution is -2.47. The first-order valence-corrected chi connectivity index (χ1v) is 12.8. The fourth-order valence-corrected chi connectivity index (χ4v) is 5.02. The third kappa shape index (κ3) is 6.26. The number of aliphatic hydroxyl groups is 1. The Balaban J connectivity index is 1.34. The molecule has 0 saturated carbocycles. The maximum atomic E-state index is 13.1.